The van der Waals surface area contributed by atoms with Gasteiger partial charge in [-0.2, -0.15) is 5.10 Å². The molecule has 1 amide bonds. The van der Waals surface area contributed by atoms with Crippen LogP contribution in [0, 0.1) is 24.2 Å². The van der Waals surface area contributed by atoms with E-state index in [1.807, 2.05) is 27.9 Å². The molecular weight excluding hydrogens is 564 g/mol. The van der Waals surface area contributed by atoms with E-state index < -0.39 is 5.97 Å². The Morgan fingerprint density at radius 2 is 1.64 bits per heavy atom. The number of fused-ring (bicyclic) bond motifs is 3. The summed E-state index contributed by atoms with van der Waals surface area (Å²) < 4.78 is 7.50. The lowest BCUT2D eigenvalue weighted by Gasteiger charge is -2.55. The molecule has 0 unspecified atom stereocenters. The van der Waals surface area contributed by atoms with Crippen LogP contribution in [0.4, 0.5) is 5.82 Å². The standard InChI is InChI=1S/C37H48N4O4/c1-25-20-30(10-11-31(25)45-5)37-16-13-36(14-17-37,15-18-37)24-40(33(42)26-6-8-27(9-7-26)34(43)44)32-21-28(12-19-38-32)29-22-39-41(23-29)35(2,3)4/h10-12,19-23,26-27H,6-9,13-18,24H2,1-5H3,(H,43,44). The van der Waals surface area contributed by atoms with E-state index in [2.05, 4.69) is 57.2 Å². The average molecular weight is 613 g/mol. The van der Waals surface area contributed by atoms with Gasteiger partial charge in [0.1, 0.15) is 11.6 Å². The molecule has 1 aromatic carbocycles. The number of carbonyl (C=O) groups is 2. The van der Waals surface area contributed by atoms with Crippen LogP contribution in [0.25, 0.3) is 11.1 Å². The van der Waals surface area contributed by atoms with Crippen molar-refractivity contribution >= 4 is 17.7 Å². The smallest absolute Gasteiger partial charge is 0.306 e. The Kier molecular flexibility index (Phi) is 8.29. The minimum atomic E-state index is -0.748. The van der Waals surface area contributed by atoms with Gasteiger partial charge in [0.2, 0.25) is 5.91 Å². The second-order valence-electron chi connectivity index (χ2n) is 15.0. The molecule has 7 rings (SSSR count). The van der Waals surface area contributed by atoms with Crippen molar-refractivity contribution in [1.82, 2.24) is 14.8 Å². The van der Waals surface area contributed by atoms with Crippen LogP contribution < -0.4 is 9.64 Å². The van der Waals surface area contributed by atoms with Gasteiger partial charge in [-0.25, -0.2) is 4.98 Å². The Hall–Kier alpha value is -3.68. The van der Waals surface area contributed by atoms with E-state index in [0.29, 0.717) is 38.0 Å². The highest BCUT2D eigenvalue weighted by Gasteiger charge is 2.51. The fourth-order valence-corrected chi connectivity index (χ4v) is 8.14. The van der Waals surface area contributed by atoms with Crippen molar-refractivity contribution in [3.8, 4) is 16.9 Å². The molecule has 1 N–H and O–H groups in total. The molecule has 45 heavy (non-hydrogen) atoms. The molecule has 4 aliphatic carbocycles. The number of rotatable bonds is 8. The lowest BCUT2D eigenvalue weighted by atomic mass is 9.51. The second kappa shape index (κ2) is 11.9. The van der Waals surface area contributed by atoms with Crippen LogP contribution in [0.15, 0.2) is 48.9 Å². The molecule has 0 atom stereocenters. The van der Waals surface area contributed by atoms with Crippen LogP contribution in [-0.4, -0.2) is 45.4 Å². The maximum Gasteiger partial charge on any atom is 0.306 e. The molecule has 2 heterocycles. The topological polar surface area (TPSA) is 97.5 Å². The highest BCUT2D eigenvalue weighted by atomic mass is 16.5. The molecule has 0 spiro atoms. The quantitative estimate of drug-likeness (QED) is 0.282. The molecule has 4 fully saturated rings. The number of hydrogen-bond donors (Lipinski definition) is 1. The summed E-state index contributed by atoms with van der Waals surface area (Å²) in [6, 6.07) is 10.7. The molecule has 8 heteroatoms. The van der Waals surface area contributed by atoms with Gasteiger partial charge in [-0.1, -0.05) is 12.1 Å². The molecule has 3 aromatic rings. The lowest BCUT2D eigenvalue weighted by Crippen LogP contribution is -2.52. The zero-order valence-electron chi connectivity index (χ0n) is 27.5. The summed E-state index contributed by atoms with van der Waals surface area (Å²) in [5.74, 6) is 0.429. The van der Waals surface area contributed by atoms with E-state index in [9.17, 15) is 14.7 Å². The SMILES string of the molecule is COc1ccc(C23CCC(CN(C(=O)C4CCC(C(=O)O)CC4)c4cc(-c5cnn(C(C)(C)C)c5)ccn4)(CC2)CC3)cc1C. The van der Waals surface area contributed by atoms with Crippen molar-refractivity contribution in [2.45, 2.75) is 103 Å². The number of nitrogens with zero attached hydrogens (tertiary/aromatic N) is 4. The van der Waals surface area contributed by atoms with Crippen LogP contribution in [-0.2, 0) is 20.5 Å². The maximum atomic E-state index is 14.4. The van der Waals surface area contributed by atoms with Gasteiger partial charge >= 0.3 is 5.97 Å². The van der Waals surface area contributed by atoms with Gasteiger partial charge in [0.05, 0.1) is 24.8 Å². The van der Waals surface area contributed by atoms with Gasteiger partial charge in [0.15, 0.2) is 0 Å². The first-order valence-corrected chi connectivity index (χ1v) is 16.6. The van der Waals surface area contributed by atoms with Gasteiger partial charge in [-0.3, -0.25) is 19.2 Å². The number of anilines is 1. The fourth-order valence-electron chi connectivity index (χ4n) is 8.14. The van der Waals surface area contributed by atoms with E-state index in [4.69, 9.17) is 9.72 Å². The first kappa shape index (κ1) is 31.3. The highest BCUT2D eigenvalue weighted by molar-refractivity contribution is 5.95. The predicted molar refractivity (Wildman–Crippen MR) is 175 cm³/mol. The van der Waals surface area contributed by atoms with Crippen molar-refractivity contribution in [1.29, 1.82) is 0 Å². The zero-order chi connectivity index (χ0) is 32.0. The third-order valence-electron chi connectivity index (χ3n) is 11.2. The Labute approximate surface area is 267 Å². The lowest BCUT2D eigenvalue weighted by molar-refractivity contribution is -0.144. The van der Waals surface area contributed by atoms with Crippen molar-refractivity contribution in [3.05, 3.63) is 60.0 Å². The number of ether oxygens (including phenoxy) is 1. The summed E-state index contributed by atoms with van der Waals surface area (Å²) in [5, 5.41) is 14.2. The molecule has 2 bridgehead atoms. The predicted octanol–water partition coefficient (Wildman–Crippen LogP) is 7.53. The summed E-state index contributed by atoms with van der Waals surface area (Å²) >= 11 is 0. The molecule has 8 nitrogen and oxygen atoms in total. The van der Waals surface area contributed by atoms with Crippen molar-refractivity contribution in [3.63, 3.8) is 0 Å². The maximum absolute atomic E-state index is 14.4. The van der Waals surface area contributed by atoms with Gasteiger partial charge < -0.3 is 9.84 Å². The normalized spacial score (nSPS) is 26.4. The van der Waals surface area contributed by atoms with Gasteiger partial charge in [-0.05, 0) is 138 Å². The van der Waals surface area contributed by atoms with Gasteiger partial charge in [0, 0.05) is 30.4 Å². The Morgan fingerprint density at radius 3 is 2.22 bits per heavy atom. The third-order valence-corrected chi connectivity index (χ3v) is 11.2. The first-order chi connectivity index (χ1) is 21.4. The summed E-state index contributed by atoms with van der Waals surface area (Å²) in [6.45, 7) is 9.15. The van der Waals surface area contributed by atoms with Crippen LogP contribution in [0.5, 0.6) is 5.75 Å². The minimum Gasteiger partial charge on any atom is -0.496 e. The Balaban J connectivity index is 1.27. The summed E-state index contributed by atoms with van der Waals surface area (Å²) in [4.78, 5) is 32.8. The number of carboxylic acids is 1. The Bertz CT molecular complexity index is 1540. The number of aryl methyl sites for hydroxylation is 1. The van der Waals surface area contributed by atoms with Crippen molar-refractivity contribution in [2.75, 3.05) is 18.6 Å². The van der Waals surface area contributed by atoms with Crippen LogP contribution >= 0.6 is 0 Å². The largest absolute Gasteiger partial charge is 0.496 e. The van der Waals surface area contributed by atoms with Gasteiger partial charge in [0.25, 0.3) is 0 Å². The molecule has 0 radical (unpaired) electrons. The van der Waals surface area contributed by atoms with Crippen LogP contribution in [0.3, 0.4) is 0 Å². The van der Waals surface area contributed by atoms with Crippen LogP contribution in [0.2, 0.25) is 0 Å². The monoisotopic (exact) mass is 612 g/mol. The molecule has 2 aromatic heterocycles. The number of carboxylic acid groups (broad SMARTS) is 1. The van der Waals surface area contributed by atoms with Gasteiger partial charge in [-0.15, -0.1) is 0 Å². The molecule has 240 valence electrons. The molecular formula is C37H48N4O4. The van der Waals surface area contributed by atoms with E-state index in [-0.39, 0.29) is 34.1 Å². The van der Waals surface area contributed by atoms with E-state index in [0.717, 1.165) is 55.4 Å². The van der Waals surface area contributed by atoms with Crippen molar-refractivity contribution < 1.29 is 19.4 Å². The van der Waals surface area contributed by atoms with Crippen LogP contribution in [0.1, 0.15) is 96.1 Å². The molecule has 0 saturated heterocycles. The number of methoxy groups -OCH3 is 1. The summed E-state index contributed by atoms with van der Waals surface area (Å²) in [7, 11) is 1.73. The summed E-state index contributed by atoms with van der Waals surface area (Å²) in [6.07, 6.45) is 14.6. The third kappa shape index (κ3) is 6.12. The molecule has 4 aliphatic rings. The van der Waals surface area contributed by atoms with E-state index >= 15 is 0 Å². The second-order valence-corrected chi connectivity index (χ2v) is 15.0. The number of amides is 1. The highest BCUT2D eigenvalue weighted by Crippen LogP contribution is 2.58. The number of pyridine rings is 1. The number of aliphatic carboxylic acids is 1. The number of aromatic nitrogens is 3. The minimum absolute atomic E-state index is 0.0476. The van der Waals surface area contributed by atoms with Crippen molar-refractivity contribution in [2.24, 2.45) is 17.3 Å². The number of hydrogen-bond acceptors (Lipinski definition) is 5. The first-order valence-electron chi connectivity index (χ1n) is 16.6. The van der Waals surface area contributed by atoms with E-state index in [1.54, 1.807) is 13.3 Å². The number of carbonyl (C=O) groups excluding carboxylic acids is 1. The fraction of sp³-hybridized carbons (Fsp3) is 0.568. The molecule has 4 saturated carbocycles. The molecule has 0 aliphatic heterocycles. The summed E-state index contributed by atoms with van der Waals surface area (Å²) in [5.41, 5.74) is 4.69. The van der Waals surface area contributed by atoms with E-state index in [1.165, 1.54) is 11.1 Å². The Morgan fingerprint density at radius 1 is 0.978 bits per heavy atom. The number of benzene rings is 1. The average Bonchev–Trinajstić information content (AvgIpc) is 3.56. The zero-order valence-corrected chi connectivity index (χ0v) is 27.5.